The summed E-state index contributed by atoms with van der Waals surface area (Å²) in [6.07, 6.45) is 40.8. The van der Waals surface area contributed by atoms with Crippen LogP contribution >= 0.6 is 45.3 Å². The normalized spacial score (nSPS) is 14.8. The fourth-order valence-corrected chi connectivity index (χ4v) is 15.4. The van der Waals surface area contributed by atoms with Gasteiger partial charge < -0.3 is 9.80 Å². The first-order valence-corrected chi connectivity index (χ1v) is 33.0. The van der Waals surface area contributed by atoms with Crippen molar-refractivity contribution in [3.05, 3.63) is 79.2 Å². The van der Waals surface area contributed by atoms with Gasteiger partial charge in [0, 0.05) is 42.4 Å². The van der Waals surface area contributed by atoms with Crippen LogP contribution in [0.15, 0.2) is 59.7 Å². The van der Waals surface area contributed by atoms with Gasteiger partial charge in [-0.2, -0.15) is 0 Å². The number of aryl methyl sites for hydroxylation is 2. The van der Waals surface area contributed by atoms with Crippen molar-refractivity contribution in [2.75, 3.05) is 13.1 Å². The van der Waals surface area contributed by atoms with Gasteiger partial charge in [-0.05, 0) is 99.9 Å². The Morgan fingerprint density at radius 2 is 0.583 bits per heavy atom. The summed E-state index contributed by atoms with van der Waals surface area (Å²) in [7, 11) is 0. The molecule has 0 saturated heterocycles. The lowest BCUT2D eigenvalue weighted by Gasteiger charge is -2.29. The summed E-state index contributed by atoms with van der Waals surface area (Å²) in [6.45, 7) is 14.9. The van der Waals surface area contributed by atoms with E-state index in [4.69, 9.17) is 0 Å². The van der Waals surface area contributed by atoms with Gasteiger partial charge in [0.05, 0.1) is 32.3 Å². The third-order valence-corrected chi connectivity index (χ3v) is 20.1. The highest BCUT2D eigenvalue weighted by molar-refractivity contribution is 7.23. The first-order valence-electron chi connectivity index (χ1n) is 29.7. The van der Waals surface area contributed by atoms with Crippen LogP contribution in [0, 0.1) is 25.7 Å². The molecule has 8 heteroatoms. The molecule has 2 aliphatic rings. The van der Waals surface area contributed by atoms with E-state index in [1.807, 2.05) is 22.7 Å². The highest BCUT2D eigenvalue weighted by atomic mass is 32.1. The Morgan fingerprint density at radius 1 is 0.333 bits per heavy atom. The van der Waals surface area contributed by atoms with Crippen LogP contribution < -0.4 is 0 Å². The van der Waals surface area contributed by atoms with Crippen molar-refractivity contribution in [2.24, 2.45) is 11.8 Å². The number of nitrogens with zero attached hydrogens (tertiary/aromatic N) is 2. The van der Waals surface area contributed by atoms with E-state index in [0.717, 1.165) is 46.8 Å². The summed E-state index contributed by atoms with van der Waals surface area (Å²) in [5.41, 5.74) is 3.11. The molecular weight excluding hydrogens is 957 g/mol. The summed E-state index contributed by atoms with van der Waals surface area (Å²) in [5.74, 6) is 0.893. The predicted octanol–water partition coefficient (Wildman–Crippen LogP) is 21.5. The number of unbranched alkanes of at least 4 members (excludes halogenated alkanes) is 24. The molecule has 2 atom stereocenters. The van der Waals surface area contributed by atoms with Crippen molar-refractivity contribution in [3.63, 3.8) is 0 Å². The van der Waals surface area contributed by atoms with Gasteiger partial charge >= 0.3 is 0 Å². The molecule has 6 rings (SSSR count). The van der Waals surface area contributed by atoms with Crippen molar-refractivity contribution in [1.82, 2.24) is 9.80 Å². The molecule has 72 heavy (non-hydrogen) atoms. The zero-order valence-corrected chi connectivity index (χ0v) is 49.4. The van der Waals surface area contributed by atoms with Gasteiger partial charge in [0.25, 0.3) is 11.8 Å². The van der Waals surface area contributed by atoms with Crippen molar-refractivity contribution in [1.29, 1.82) is 0 Å². The number of hydrogen-bond donors (Lipinski definition) is 0. The lowest BCUT2D eigenvalue weighted by atomic mass is 9.93. The molecule has 4 aromatic rings. The Morgan fingerprint density at radius 3 is 0.861 bits per heavy atom. The first-order chi connectivity index (χ1) is 35.3. The monoisotopic (exact) mass is 1050 g/mol. The highest BCUT2D eigenvalue weighted by Crippen LogP contribution is 2.51. The minimum atomic E-state index is 0.0501. The summed E-state index contributed by atoms with van der Waals surface area (Å²) in [4.78, 5) is 45.6. The van der Waals surface area contributed by atoms with Crippen LogP contribution in [0.5, 0.6) is 0 Å². The zero-order valence-electron chi connectivity index (χ0n) is 46.2. The van der Waals surface area contributed by atoms with E-state index in [0.29, 0.717) is 36.1 Å². The van der Waals surface area contributed by atoms with Crippen LogP contribution in [-0.4, -0.2) is 34.7 Å². The molecule has 398 valence electrons. The van der Waals surface area contributed by atoms with E-state index in [2.05, 4.69) is 99.9 Å². The van der Waals surface area contributed by atoms with Crippen LogP contribution in [0.4, 0.5) is 0 Å². The topological polar surface area (TPSA) is 40.6 Å². The molecule has 0 radical (unpaired) electrons. The van der Waals surface area contributed by atoms with Gasteiger partial charge in [0.1, 0.15) is 0 Å². The van der Waals surface area contributed by atoms with E-state index in [1.165, 1.54) is 209 Å². The summed E-state index contributed by atoms with van der Waals surface area (Å²) in [5, 5.41) is 0. The Hall–Kier alpha value is -2.78. The van der Waals surface area contributed by atoms with Gasteiger partial charge in [-0.25, -0.2) is 0 Å². The van der Waals surface area contributed by atoms with E-state index >= 15 is 9.59 Å². The van der Waals surface area contributed by atoms with Crippen LogP contribution in [0.3, 0.4) is 0 Å². The SMILES string of the molecule is CCCCCCCCCCC(CCCCCCCC)CN1C(=O)C2=C(c3ccc(-c4ccc(C)s4)s3)N(CC(CCCCCCCC)CCCCCCCCCC)C(=O)C2=C1c1ccc(-c2ccc(C)s2)s1. The van der Waals surface area contributed by atoms with Crippen LogP contribution in [-0.2, 0) is 9.59 Å². The predicted molar refractivity (Wildman–Crippen MR) is 319 cm³/mol. The van der Waals surface area contributed by atoms with Gasteiger partial charge in [-0.1, -0.05) is 207 Å². The zero-order chi connectivity index (χ0) is 50.9. The number of carbonyl (C=O) groups is 2. The summed E-state index contributed by atoms with van der Waals surface area (Å²) < 4.78 is 0. The molecule has 0 aliphatic carbocycles. The Labute approximate surface area is 455 Å². The van der Waals surface area contributed by atoms with Gasteiger partial charge in [0.2, 0.25) is 0 Å². The molecule has 6 heterocycles. The van der Waals surface area contributed by atoms with Gasteiger partial charge in [-0.3, -0.25) is 9.59 Å². The largest absolute Gasteiger partial charge is 0.306 e. The second-order valence-electron chi connectivity index (χ2n) is 21.8. The lowest BCUT2D eigenvalue weighted by molar-refractivity contribution is -0.124. The van der Waals surface area contributed by atoms with Crippen LogP contribution in [0.1, 0.15) is 253 Å². The molecule has 0 saturated carbocycles. The van der Waals surface area contributed by atoms with Crippen LogP contribution in [0.25, 0.3) is 30.9 Å². The molecule has 2 unspecified atom stereocenters. The fourth-order valence-electron chi connectivity index (χ4n) is 11.3. The maximum atomic E-state index is 15.9. The molecule has 2 amide bonds. The van der Waals surface area contributed by atoms with E-state index in [9.17, 15) is 0 Å². The molecule has 0 spiro atoms. The van der Waals surface area contributed by atoms with Crippen molar-refractivity contribution >= 4 is 68.6 Å². The van der Waals surface area contributed by atoms with Gasteiger partial charge in [0.15, 0.2) is 0 Å². The molecule has 4 nitrogen and oxygen atoms in total. The number of carbonyl (C=O) groups excluding carboxylic acids is 2. The molecule has 0 N–H and O–H groups in total. The van der Waals surface area contributed by atoms with Crippen molar-refractivity contribution in [2.45, 2.75) is 247 Å². The average Bonchev–Trinajstić information content (AvgIpc) is 4.26. The number of amides is 2. The highest BCUT2D eigenvalue weighted by Gasteiger charge is 2.50. The second kappa shape index (κ2) is 32.6. The minimum Gasteiger partial charge on any atom is -0.306 e. The fraction of sp³-hybridized carbons (Fsp3) is 0.656. The number of hydrogen-bond acceptors (Lipinski definition) is 6. The molecule has 0 fully saturated rings. The Bertz CT molecular complexity index is 2090. The molecule has 2 aliphatic heterocycles. The molecule has 0 aromatic carbocycles. The standard InChI is InChI=1S/C64H96N2O2S4/c1-7-11-15-19-23-25-29-33-37-51(35-31-27-21-17-13-9-3)47-65-61(57-45-43-55(71-57)53-41-39-49(5)69-53)59-60(63(65)67)62(58-46-44-56(72-58)54-42-40-50(6)70-54)66(64(59)68)48-52(36-32-28-22-18-14-10-4)38-34-30-26-24-20-16-12-8-2/h39-46,51-52H,7-38,47-48H2,1-6H3. The molecular formula is C64H96N2O2S4. The van der Waals surface area contributed by atoms with Crippen LogP contribution in [0.2, 0.25) is 0 Å². The first kappa shape index (κ1) is 58.5. The lowest BCUT2D eigenvalue weighted by Crippen LogP contribution is -2.34. The number of fused-ring (bicyclic) bond motifs is 1. The molecule has 0 bridgehead atoms. The number of rotatable bonds is 40. The average molecular weight is 1050 g/mol. The smallest absolute Gasteiger partial charge is 0.261 e. The van der Waals surface area contributed by atoms with E-state index in [1.54, 1.807) is 22.7 Å². The maximum Gasteiger partial charge on any atom is 0.261 e. The van der Waals surface area contributed by atoms with Gasteiger partial charge in [-0.15, -0.1) is 45.3 Å². The molecule has 4 aromatic heterocycles. The second-order valence-corrected chi connectivity index (χ2v) is 26.5. The quantitative estimate of drug-likeness (QED) is 0.0417. The minimum absolute atomic E-state index is 0.0501. The summed E-state index contributed by atoms with van der Waals surface area (Å²) in [6, 6.07) is 17.8. The maximum absolute atomic E-state index is 15.9. The number of thiophene rings is 4. The van der Waals surface area contributed by atoms with E-state index in [-0.39, 0.29) is 11.8 Å². The Kier molecular flexibility index (Phi) is 26.5. The third-order valence-electron chi connectivity index (χ3n) is 15.6. The van der Waals surface area contributed by atoms with E-state index < -0.39 is 0 Å². The van der Waals surface area contributed by atoms with Crippen molar-refractivity contribution < 1.29 is 9.59 Å². The third kappa shape index (κ3) is 17.7. The summed E-state index contributed by atoms with van der Waals surface area (Å²) >= 11 is 7.19. The van der Waals surface area contributed by atoms with Crippen molar-refractivity contribution in [3.8, 4) is 19.5 Å². The Balaban J connectivity index is 1.37.